The number of hydrogen-bond acceptors (Lipinski definition) is 4. The van der Waals surface area contributed by atoms with Crippen LogP contribution in [0.5, 0.6) is 0 Å². The number of nitrogens with two attached hydrogens (primary N) is 1. The third kappa shape index (κ3) is 5.03. The summed E-state index contributed by atoms with van der Waals surface area (Å²) in [5, 5.41) is 2.85. The van der Waals surface area contributed by atoms with Crippen molar-refractivity contribution in [1.29, 1.82) is 0 Å². The van der Waals surface area contributed by atoms with Gasteiger partial charge in [-0.3, -0.25) is 9.59 Å². The molecule has 24 heavy (non-hydrogen) atoms. The van der Waals surface area contributed by atoms with E-state index in [0.29, 0.717) is 44.1 Å². The fourth-order valence-electron chi connectivity index (χ4n) is 2.98. The average molecular weight is 332 g/mol. The van der Waals surface area contributed by atoms with Gasteiger partial charge in [-0.05, 0) is 43.7 Å². The number of aromatic nitrogens is 1. The van der Waals surface area contributed by atoms with Crippen molar-refractivity contribution in [1.82, 2.24) is 9.88 Å². The first-order chi connectivity index (χ1) is 11.4. The largest absolute Gasteiger partial charge is 0.341 e. The van der Waals surface area contributed by atoms with E-state index >= 15 is 0 Å². The molecule has 132 valence electrons. The standard InChI is InChI=1S/C18H28N4O2/c1-12(2)10-15(19)18(24)22-8-6-14(7-9-22)17(23)21-16-5-4-13(3)11-20-16/h4-5,11-12,14-15H,6-10,19H2,1-3H3,(H,20,21,23)/t15-/m0/s1. The van der Waals surface area contributed by atoms with Crippen LogP contribution in [-0.4, -0.2) is 40.8 Å². The van der Waals surface area contributed by atoms with E-state index in [1.165, 1.54) is 0 Å². The first-order valence-electron chi connectivity index (χ1n) is 8.64. The summed E-state index contributed by atoms with van der Waals surface area (Å²) in [7, 11) is 0. The summed E-state index contributed by atoms with van der Waals surface area (Å²) in [6, 6.07) is 3.28. The van der Waals surface area contributed by atoms with Crippen LogP contribution < -0.4 is 11.1 Å². The van der Waals surface area contributed by atoms with Gasteiger partial charge in [0.1, 0.15) is 5.82 Å². The van der Waals surface area contributed by atoms with Gasteiger partial charge in [0.15, 0.2) is 0 Å². The first-order valence-corrected chi connectivity index (χ1v) is 8.64. The minimum atomic E-state index is -0.438. The fourth-order valence-corrected chi connectivity index (χ4v) is 2.98. The fraction of sp³-hybridized carbons (Fsp3) is 0.611. The molecule has 2 amide bonds. The number of aryl methyl sites for hydroxylation is 1. The Morgan fingerprint density at radius 2 is 2.00 bits per heavy atom. The molecule has 0 aromatic carbocycles. The van der Waals surface area contributed by atoms with Gasteiger partial charge in [-0.2, -0.15) is 0 Å². The summed E-state index contributed by atoms with van der Waals surface area (Å²) in [5.41, 5.74) is 7.03. The minimum absolute atomic E-state index is 0.00256. The maximum absolute atomic E-state index is 12.3. The number of amides is 2. The zero-order valence-corrected chi connectivity index (χ0v) is 14.8. The van der Waals surface area contributed by atoms with Crippen molar-refractivity contribution >= 4 is 17.6 Å². The minimum Gasteiger partial charge on any atom is -0.341 e. The Labute approximate surface area is 143 Å². The van der Waals surface area contributed by atoms with E-state index in [-0.39, 0.29) is 17.7 Å². The van der Waals surface area contributed by atoms with Crippen LogP contribution in [0.1, 0.15) is 38.7 Å². The molecule has 1 aliphatic heterocycles. The van der Waals surface area contributed by atoms with Gasteiger partial charge in [-0.15, -0.1) is 0 Å². The Bertz CT molecular complexity index is 563. The highest BCUT2D eigenvalue weighted by atomic mass is 16.2. The van der Waals surface area contributed by atoms with Crippen molar-refractivity contribution < 1.29 is 9.59 Å². The van der Waals surface area contributed by atoms with Gasteiger partial charge in [-0.1, -0.05) is 19.9 Å². The number of likely N-dealkylation sites (tertiary alicyclic amines) is 1. The van der Waals surface area contributed by atoms with Gasteiger partial charge in [0, 0.05) is 25.2 Å². The van der Waals surface area contributed by atoms with E-state index in [1.807, 2.05) is 13.0 Å². The highest BCUT2D eigenvalue weighted by Crippen LogP contribution is 2.20. The lowest BCUT2D eigenvalue weighted by molar-refractivity contribution is -0.136. The van der Waals surface area contributed by atoms with E-state index < -0.39 is 6.04 Å². The molecule has 6 nitrogen and oxygen atoms in total. The molecular formula is C18H28N4O2. The molecule has 0 aliphatic carbocycles. The molecule has 2 heterocycles. The van der Waals surface area contributed by atoms with E-state index in [1.54, 1.807) is 17.2 Å². The second kappa shape index (κ2) is 8.24. The summed E-state index contributed by atoms with van der Waals surface area (Å²) < 4.78 is 0. The number of nitrogens with zero attached hydrogens (tertiary/aromatic N) is 2. The third-order valence-electron chi connectivity index (χ3n) is 4.38. The Morgan fingerprint density at radius 1 is 1.33 bits per heavy atom. The van der Waals surface area contributed by atoms with Crippen molar-refractivity contribution in [3.8, 4) is 0 Å². The quantitative estimate of drug-likeness (QED) is 0.862. The van der Waals surface area contributed by atoms with Crippen LogP contribution in [0.25, 0.3) is 0 Å². The predicted molar refractivity (Wildman–Crippen MR) is 94.3 cm³/mol. The van der Waals surface area contributed by atoms with Crippen molar-refractivity contribution in [2.75, 3.05) is 18.4 Å². The molecule has 1 aromatic rings. The Balaban J connectivity index is 1.82. The molecule has 1 aliphatic rings. The average Bonchev–Trinajstić information content (AvgIpc) is 2.55. The predicted octanol–water partition coefficient (Wildman–Crippen LogP) is 1.94. The molecule has 1 atom stereocenters. The molecule has 1 saturated heterocycles. The summed E-state index contributed by atoms with van der Waals surface area (Å²) >= 11 is 0. The number of anilines is 1. The van der Waals surface area contributed by atoms with Crippen LogP contribution in [0.3, 0.4) is 0 Å². The molecule has 1 aromatic heterocycles. The smallest absolute Gasteiger partial charge is 0.239 e. The van der Waals surface area contributed by atoms with E-state index in [2.05, 4.69) is 24.1 Å². The van der Waals surface area contributed by atoms with Crippen LogP contribution in [0.15, 0.2) is 18.3 Å². The number of carbonyl (C=O) groups is 2. The maximum atomic E-state index is 12.3. The number of carbonyl (C=O) groups excluding carboxylic acids is 2. The highest BCUT2D eigenvalue weighted by Gasteiger charge is 2.29. The second-order valence-electron chi connectivity index (χ2n) is 7.05. The lowest BCUT2D eigenvalue weighted by atomic mass is 9.94. The van der Waals surface area contributed by atoms with Crippen LogP contribution >= 0.6 is 0 Å². The number of rotatable bonds is 5. The van der Waals surface area contributed by atoms with Crippen LogP contribution in [0, 0.1) is 18.8 Å². The zero-order chi connectivity index (χ0) is 17.7. The molecule has 1 fully saturated rings. The maximum Gasteiger partial charge on any atom is 0.239 e. The lowest BCUT2D eigenvalue weighted by Crippen LogP contribution is -2.48. The SMILES string of the molecule is Cc1ccc(NC(=O)C2CCN(C(=O)[C@@H](N)CC(C)C)CC2)nc1. The van der Waals surface area contributed by atoms with E-state index in [9.17, 15) is 9.59 Å². The number of piperidine rings is 1. The van der Waals surface area contributed by atoms with Crippen LogP contribution in [0.2, 0.25) is 0 Å². The third-order valence-corrected chi connectivity index (χ3v) is 4.38. The van der Waals surface area contributed by atoms with Crippen molar-refractivity contribution in [3.63, 3.8) is 0 Å². The molecule has 0 unspecified atom stereocenters. The number of pyridine rings is 1. The van der Waals surface area contributed by atoms with Gasteiger partial charge in [0.05, 0.1) is 6.04 Å². The molecule has 0 spiro atoms. The van der Waals surface area contributed by atoms with Crippen molar-refractivity contribution in [3.05, 3.63) is 23.9 Å². The highest BCUT2D eigenvalue weighted by molar-refractivity contribution is 5.92. The Morgan fingerprint density at radius 3 is 2.54 bits per heavy atom. The Kier molecular flexibility index (Phi) is 6.31. The van der Waals surface area contributed by atoms with Gasteiger partial charge >= 0.3 is 0 Å². The van der Waals surface area contributed by atoms with E-state index in [0.717, 1.165) is 5.56 Å². The lowest BCUT2D eigenvalue weighted by Gasteiger charge is -2.33. The van der Waals surface area contributed by atoms with Gasteiger partial charge in [0.25, 0.3) is 0 Å². The summed E-state index contributed by atoms with van der Waals surface area (Å²) in [6.45, 7) is 7.25. The monoisotopic (exact) mass is 332 g/mol. The second-order valence-corrected chi connectivity index (χ2v) is 7.05. The first kappa shape index (κ1) is 18.4. The molecule has 0 bridgehead atoms. The molecule has 0 radical (unpaired) electrons. The molecular weight excluding hydrogens is 304 g/mol. The number of hydrogen-bond donors (Lipinski definition) is 2. The van der Waals surface area contributed by atoms with Crippen molar-refractivity contribution in [2.24, 2.45) is 17.6 Å². The Hall–Kier alpha value is -1.95. The van der Waals surface area contributed by atoms with Crippen LogP contribution in [0.4, 0.5) is 5.82 Å². The molecule has 0 saturated carbocycles. The van der Waals surface area contributed by atoms with Crippen LogP contribution in [-0.2, 0) is 9.59 Å². The zero-order valence-electron chi connectivity index (χ0n) is 14.8. The topological polar surface area (TPSA) is 88.3 Å². The van der Waals surface area contributed by atoms with Gasteiger partial charge in [0.2, 0.25) is 11.8 Å². The van der Waals surface area contributed by atoms with Gasteiger partial charge in [-0.25, -0.2) is 4.98 Å². The normalized spacial score (nSPS) is 17.0. The summed E-state index contributed by atoms with van der Waals surface area (Å²) in [6.07, 6.45) is 3.75. The molecule has 2 rings (SSSR count). The van der Waals surface area contributed by atoms with Crippen molar-refractivity contribution in [2.45, 2.75) is 46.1 Å². The van der Waals surface area contributed by atoms with E-state index in [4.69, 9.17) is 5.73 Å². The number of nitrogens with one attached hydrogen (secondary N) is 1. The molecule has 6 heteroatoms. The molecule has 3 N–H and O–H groups in total. The van der Waals surface area contributed by atoms with Gasteiger partial charge < -0.3 is 16.0 Å². The summed E-state index contributed by atoms with van der Waals surface area (Å²) in [4.78, 5) is 30.6. The summed E-state index contributed by atoms with van der Waals surface area (Å²) in [5.74, 6) is 0.864.